The Morgan fingerprint density at radius 3 is 1.32 bits per heavy atom. The second-order valence-corrected chi connectivity index (χ2v) is 11.8. The van der Waals surface area contributed by atoms with Crippen LogP contribution in [0.4, 0.5) is 0 Å². The number of methoxy groups -OCH3 is 2. The summed E-state index contributed by atoms with van der Waals surface area (Å²) in [6.45, 7) is 1.37. The average Bonchev–Trinajstić information content (AvgIpc) is 2.92. The van der Waals surface area contributed by atoms with Gasteiger partial charge in [0.15, 0.2) is 0 Å². The lowest BCUT2D eigenvalue weighted by molar-refractivity contribution is -0.0492. The molecule has 0 spiro atoms. The van der Waals surface area contributed by atoms with E-state index < -0.39 is 5.41 Å². The molecule has 0 bridgehead atoms. The normalized spacial score (nSPS) is 15.2. The highest BCUT2D eigenvalue weighted by molar-refractivity contribution is 6.31. The number of hydrogen-bond donors (Lipinski definition) is 0. The molecule has 0 saturated heterocycles. The van der Waals surface area contributed by atoms with Gasteiger partial charge in [0, 0.05) is 40.1 Å². The fourth-order valence-corrected chi connectivity index (χ4v) is 6.87. The van der Waals surface area contributed by atoms with Gasteiger partial charge in [-0.1, -0.05) is 90.5 Å². The molecule has 1 fully saturated rings. The molecular formula is C32H37Cl3O2. The third-order valence-electron chi connectivity index (χ3n) is 8.34. The van der Waals surface area contributed by atoms with E-state index in [1.165, 1.54) is 48.8 Å². The van der Waals surface area contributed by atoms with Gasteiger partial charge in [0.25, 0.3) is 0 Å². The number of rotatable bonds is 11. The first kappa shape index (κ1) is 28.5. The lowest BCUT2D eigenvalue weighted by atomic mass is 9.61. The van der Waals surface area contributed by atoms with E-state index in [9.17, 15) is 0 Å². The Kier molecular flexibility index (Phi) is 10.00. The molecule has 3 aromatic rings. The summed E-state index contributed by atoms with van der Waals surface area (Å²) in [5.74, 6) is 0.569. The van der Waals surface area contributed by atoms with Crippen LogP contribution < -0.4 is 0 Å². The van der Waals surface area contributed by atoms with Crippen LogP contribution in [0.5, 0.6) is 0 Å². The van der Waals surface area contributed by atoms with E-state index in [4.69, 9.17) is 44.3 Å². The molecule has 1 saturated carbocycles. The largest absolute Gasteiger partial charge is 0.384 e. The molecule has 0 radical (unpaired) electrons. The molecule has 0 aromatic heterocycles. The lowest BCUT2D eigenvalue weighted by Gasteiger charge is -2.45. The van der Waals surface area contributed by atoms with Gasteiger partial charge in [-0.25, -0.2) is 0 Å². The molecule has 0 heterocycles. The first-order valence-corrected chi connectivity index (χ1v) is 14.3. The van der Waals surface area contributed by atoms with Crippen LogP contribution in [0.1, 0.15) is 61.6 Å². The molecule has 0 N–H and O–H groups in total. The lowest BCUT2D eigenvalue weighted by Crippen LogP contribution is -2.42. The maximum absolute atomic E-state index is 6.36. The Bertz CT molecular complexity index is 987. The molecule has 0 amide bonds. The summed E-state index contributed by atoms with van der Waals surface area (Å²) in [7, 11) is 3.64. The van der Waals surface area contributed by atoms with Crippen molar-refractivity contribution in [2.75, 3.05) is 27.4 Å². The van der Waals surface area contributed by atoms with Crippen LogP contribution in [0.3, 0.4) is 0 Å². The molecule has 0 unspecified atom stereocenters. The van der Waals surface area contributed by atoms with E-state index in [2.05, 4.69) is 36.4 Å². The van der Waals surface area contributed by atoms with Crippen molar-refractivity contribution in [2.24, 2.45) is 11.3 Å². The molecule has 1 aliphatic carbocycles. The van der Waals surface area contributed by atoms with Gasteiger partial charge >= 0.3 is 0 Å². The third-order valence-corrected chi connectivity index (χ3v) is 9.10. The second kappa shape index (κ2) is 13.0. The summed E-state index contributed by atoms with van der Waals surface area (Å²) < 4.78 is 11.8. The van der Waals surface area contributed by atoms with Gasteiger partial charge < -0.3 is 9.47 Å². The van der Waals surface area contributed by atoms with E-state index in [0.717, 1.165) is 27.9 Å². The molecule has 4 rings (SSSR count). The van der Waals surface area contributed by atoms with Crippen molar-refractivity contribution in [1.82, 2.24) is 0 Å². The Morgan fingerprint density at radius 2 is 0.973 bits per heavy atom. The molecular weight excluding hydrogens is 523 g/mol. The van der Waals surface area contributed by atoms with Gasteiger partial charge in [-0.3, -0.25) is 0 Å². The minimum Gasteiger partial charge on any atom is -0.384 e. The smallest absolute Gasteiger partial charge is 0.0543 e. The highest BCUT2D eigenvalue weighted by atomic mass is 35.5. The molecule has 2 nitrogen and oxygen atoms in total. The van der Waals surface area contributed by atoms with Crippen molar-refractivity contribution in [3.05, 3.63) is 105 Å². The zero-order valence-electron chi connectivity index (χ0n) is 21.8. The fourth-order valence-electron chi connectivity index (χ4n) is 6.49. The standard InChI is InChI=1S/C32H37Cl3O2/c1-36-22-31(23-37-2,24-6-4-3-5-7-24)20-21-32(25-8-14-28(33)15-9-25,26-10-16-29(34)17-11-26)27-12-18-30(35)19-13-27/h8-19,24H,3-7,20-23H2,1-2H3. The summed E-state index contributed by atoms with van der Waals surface area (Å²) in [5, 5.41) is 2.17. The van der Waals surface area contributed by atoms with Crippen LogP contribution in [-0.2, 0) is 14.9 Å². The Balaban J connectivity index is 1.88. The minimum atomic E-state index is -0.429. The van der Waals surface area contributed by atoms with E-state index in [1.54, 1.807) is 0 Å². The minimum absolute atomic E-state index is 0.0690. The average molecular weight is 560 g/mol. The molecule has 3 aromatic carbocycles. The summed E-state index contributed by atoms with van der Waals surface area (Å²) in [6, 6.07) is 24.8. The maximum Gasteiger partial charge on any atom is 0.0543 e. The summed E-state index contributed by atoms with van der Waals surface area (Å²) in [6.07, 6.45) is 8.14. The van der Waals surface area contributed by atoms with Crippen LogP contribution in [0, 0.1) is 11.3 Å². The van der Waals surface area contributed by atoms with Gasteiger partial charge in [-0.05, 0) is 84.7 Å². The van der Waals surface area contributed by atoms with Crippen molar-refractivity contribution in [3.63, 3.8) is 0 Å². The second-order valence-electron chi connectivity index (χ2n) is 10.5. The van der Waals surface area contributed by atoms with Crippen molar-refractivity contribution in [1.29, 1.82) is 0 Å². The topological polar surface area (TPSA) is 18.5 Å². The Morgan fingerprint density at radius 1 is 0.595 bits per heavy atom. The molecule has 37 heavy (non-hydrogen) atoms. The SMILES string of the molecule is COCC(CCC(c1ccc(Cl)cc1)(c1ccc(Cl)cc1)c1ccc(Cl)cc1)(COC)C1CCCCC1. The third kappa shape index (κ3) is 6.37. The maximum atomic E-state index is 6.36. The zero-order valence-corrected chi connectivity index (χ0v) is 24.1. The highest BCUT2D eigenvalue weighted by Gasteiger charge is 2.44. The van der Waals surface area contributed by atoms with Gasteiger partial charge in [0.1, 0.15) is 0 Å². The van der Waals surface area contributed by atoms with Crippen molar-refractivity contribution >= 4 is 34.8 Å². The zero-order chi connectivity index (χ0) is 26.3. The van der Waals surface area contributed by atoms with Crippen LogP contribution in [0.15, 0.2) is 72.8 Å². The molecule has 0 atom stereocenters. The summed E-state index contributed by atoms with van der Waals surface area (Å²) in [4.78, 5) is 0. The number of ether oxygens (including phenoxy) is 2. The van der Waals surface area contributed by atoms with Crippen LogP contribution >= 0.6 is 34.8 Å². The van der Waals surface area contributed by atoms with Crippen LogP contribution in [0.25, 0.3) is 0 Å². The van der Waals surface area contributed by atoms with Crippen LogP contribution in [0.2, 0.25) is 15.1 Å². The van der Waals surface area contributed by atoms with E-state index >= 15 is 0 Å². The predicted octanol–water partition coefficient (Wildman–Crippen LogP) is 9.62. The van der Waals surface area contributed by atoms with Gasteiger partial charge in [0.2, 0.25) is 0 Å². The Labute approximate surface area is 237 Å². The van der Waals surface area contributed by atoms with Gasteiger partial charge in [-0.2, -0.15) is 0 Å². The van der Waals surface area contributed by atoms with Crippen molar-refractivity contribution in [2.45, 2.75) is 50.4 Å². The predicted molar refractivity (Wildman–Crippen MR) is 156 cm³/mol. The van der Waals surface area contributed by atoms with Crippen LogP contribution in [-0.4, -0.2) is 27.4 Å². The molecule has 5 heteroatoms. The summed E-state index contributed by atoms with van der Waals surface area (Å²) in [5.41, 5.74) is 3.07. The molecule has 198 valence electrons. The van der Waals surface area contributed by atoms with Crippen molar-refractivity contribution in [3.8, 4) is 0 Å². The molecule has 1 aliphatic rings. The van der Waals surface area contributed by atoms with E-state index in [-0.39, 0.29) is 5.41 Å². The van der Waals surface area contributed by atoms with E-state index in [1.807, 2.05) is 50.6 Å². The summed E-state index contributed by atoms with van der Waals surface area (Å²) >= 11 is 19.1. The fraction of sp³-hybridized carbons (Fsp3) is 0.438. The first-order chi connectivity index (χ1) is 17.9. The quantitative estimate of drug-likeness (QED) is 0.218. The monoisotopic (exact) mass is 558 g/mol. The van der Waals surface area contributed by atoms with Gasteiger partial charge in [-0.15, -0.1) is 0 Å². The highest BCUT2D eigenvalue weighted by Crippen LogP contribution is 2.49. The molecule has 0 aliphatic heterocycles. The van der Waals surface area contributed by atoms with Crippen molar-refractivity contribution < 1.29 is 9.47 Å². The van der Waals surface area contributed by atoms with Gasteiger partial charge in [0.05, 0.1) is 13.2 Å². The number of benzene rings is 3. The number of halogens is 3. The number of hydrogen-bond acceptors (Lipinski definition) is 2. The first-order valence-electron chi connectivity index (χ1n) is 13.2. The van der Waals surface area contributed by atoms with E-state index in [0.29, 0.717) is 19.1 Å². The Hall–Kier alpha value is -1.55.